The lowest BCUT2D eigenvalue weighted by Crippen LogP contribution is -2.50. The first-order chi connectivity index (χ1) is 15.1. The summed E-state index contributed by atoms with van der Waals surface area (Å²) in [5.41, 5.74) is -0.604. The number of nitrogens with one attached hydrogen (secondary N) is 2. The Labute approximate surface area is 188 Å². The first-order valence-electron chi connectivity index (χ1n) is 11.5. The maximum atomic E-state index is 13.7. The van der Waals surface area contributed by atoms with Crippen molar-refractivity contribution in [3.8, 4) is 0 Å². The molecule has 2 aliphatic rings. The Morgan fingerprint density at radius 2 is 1.81 bits per heavy atom. The molecule has 1 aromatic carbocycles. The Kier molecular flexibility index (Phi) is 8.27. The second kappa shape index (κ2) is 10.7. The van der Waals surface area contributed by atoms with Crippen LogP contribution < -0.4 is 15.5 Å². The van der Waals surface area contributed by atoms with Gasteiger partial charge in [0.25, 0.3) is 0 Å². The predicted octanol–water partition coefficient (Wildman–Crippen LogP) is 4.42. The summed E-state index contributed by atoms with van der Waals surface area (Å²) in [6.45, 7) is 10.9. The molecule has 0 saturated carbocycles. The van der Waals surface area contributed by atoms with E-state index in [1.807, 2.05) is 4.90 Å². The molecule has 0 bridgehead atoms. The van der Waals surface area contributed by atoms with E-state index in [2.05, 4.69) is 36.3 Å². The molecule has 0 aliphatic carbocycles. The Bertz CT molecular complexity index is 758. The number of piperidine rings is 1. The summed E-state index contributed by atoms with van der Waals surface area (Å²) in [7, 11) is 0. The highest BCUT2D eigenvalue weighted by atomic mass is 19.4. The highest BCUT2D eigenvalue weighted by Crippen LogP contribution is 2.37. The van der Waals surface area contributed by atoms with Crippen molar-refractivity contribution >= 4 is 17.4 Å². The molecule has 0 spiro atoms. The van der Waals surface area contributed by atoms with Crippen molar-refractivity contribution in [3.63, 3.8) is 0 Å². The number of hydrogen-bond donors (Lipinski definition) is 2. The minimum atomic E-state index is -4.57. The average Bonchev–Trinajstić information content (AvgIpc) is 2.75. The SMILES string of the molecule is CC1CCN(C(CNC(=O)Nc2ccc(N3CCOCC3)cc2C(F)(F)F)C(C)C)CC1. The Morgan fingerprint density at radius 1 is 1.16 bits per heavy atom. The van der Waals surface area contributed by atoms with Crippen molar-refractivity contribution < 1.29 is 22.7 Å². The topological polar surface area (TPSA) is 56.8 Å². The van der Waals surface area contributed by atoms with Crippen LogP contribution >= 0.6 is 0 Å². The molecule has 2 fully saturated rings. The Hall–Kier alpha value is -2.00. The van der Waals surface area contributed by atoms with Crippen molar-refractivity contribution in [2.75, 3.05) is 56.2 Å². The summed E-state index contributed by atoms with van der Waals surface area (Å²) in [4.78, 5) is 16.7. The summed E-state index contributed by atoms with van der Waals surface area (Å²) in [5, 5.41) is 5.21. The number of morpholine rings is 1. The molecule has 32 heavy (non-hydrogen) atoms. The first-order valence-corrected chi connectivity index (χ1v) is 11.5. The number of rotatable bonds is 6. The molecule has 2 amide bonds. The van der Waals surface area contributed by atoms with Crippen LogP contribution in [0.2, 0.25) is 0 Å². The Balaban J connectivity index is 1.65. The quantitative estimate of drug-likeness (QED) is 0.666. The average molecular weight is 457 g/mol. The fraction of sp³-hybridized carbons (Fsp3) is 0.696. The summed E-state index contributed by atoms with van der Waals surface area (Å²) >= 11 is 0. The number of alkyl halides is 3. The number of hydrogen-bond acceptors (Lipinski definition) is 4. The van der Waals surface area contributed by atoms with Crippen LogP contribution in [0.3, 0.4) is 0 Å². The highest BCUT2D eigenvalue weighted by Gasteiger charge is 2.35. The molecule has 6 nitrogen and oxygen atoms in total. The third-order valence-electron chi connectivity index (χ3n) is 6.46. The van der Waals surface area contributed by atoms with Crippen LogP contribution in [0, 0.1) is 11.8 Å². The minimum Gasteiger partial charge on any atom is -0.378 e. The van der Waals surface area contributed by atoms with E-state index < -0.39 is 17.8 Å². The molecule has 1 atom stereocenters. The van der Waals surface area contributed by atoms with Gasteiger partial charge in [0.15, 0.2) is 0 Å². The summed E-state index contributed by atoms with van der Waals surface area (Å²) in [6, 6.07) is 3.58. The van der Waals surface area contributed by atoms with Gasteiger partial charge < -0.3 is 20.3 Å². The summed E-state index contributed by atoms with van der Waals surface area (Å²) in [5.74, 6) is 1.03. The number of benzene rings is 1. The number of urea groups is 1. The van der Waals surface area contributed by atoms with Crippen molar-refractivity contribution in [2.24, 2.45) is 11.8 Å². The van der Waals surface area contributed by atoms with Gasteiger partial charge in [-0.1, -0.05) is 20.8 Å². The standard InChI is InChI=1S/C23H35F3N4O2/c1-16(2)21(30-8-6-17(3)7-9-30)15-27-22(31)28-20-5-4-18(14-19(20)23(24,25)26)29-10-12-32-13-11-29/h4-5,14,16-17,21H,6-13,15H2,1-3H3,(H2,27,28,31). The van der Waals surface area contributed by atoms with E-state index in [9.17, 15) is 18.0 Å². The molecule has 2 saturated heterocycles. The van der Waals surface area contributed by atoms with Gasteiger partial charge in [0, 0.05) is 31.4 Å². The molecule has 0 aromatic heterocycles. The molecule has 1 aromatic rings. The van der Waals surface area contributed by atoms with Crippen LogP contribution in [-0.2, 0) is 10.9 Å². The zero-order valence-corrected chi connectivity index (χ0v) is 19.2. The molecule has 9 heteroatoms. The molecule has 2 heterocycles. The fourth-order valence-corrected chi connectivity index (χ4v) is 4.40. The zero-order chi connectivity index (χ0) is 23.3. The van der Waals surface area contributed by atoms with Crippen molar-refractivity contribution in [1.29, 1.82) is 0 Å². The van der Waals surface area contributed by atoms with Gasteiger partial charge in [0.05, 0.1) is 24.5 Å². The van der Waals surface area contributed by atoms with Gasteiger partial charge >= 0.3 is 12.2 Å². The second-order valence-electron chi connectivity index (χ2n) is 9.19. The van der Waals surface area contributed by atoms with Gasteiger partial charge in [-0.15, -0.1) is 0 Å². The predicted molar refractivity (Wildman–Crippen MR) is 120 cm³/mol. The van der Waals surface area contributed by atoms with E-state index in [0.29, 0.717) is 50.4 Å². The lowest BCUT2D eigenvalue weighted by Gasteiger charge is -2.38. The number of ether oxygens (including phenoxy) is 1. The van der Waals surface area contributed by atoms with E-state index in [1.54, 1.807) is 6.07 Å². The maximum Gasteiger partial charge on any atom is 0.418 e. The zero-order valence-electron chi connectivity index (χ0n) is 19.2. The summed E-state index contributed by atoms with van der Waals surface area (Å²) in [6.07, 6.45) is -2.32. The Morgan fingerprint density at radius 3 is 2.41 bits per heavy atom. The lowest BCUT2D eigenvalue weighted by atomic mass is 9.94. The highest BCUT2D eigenvalue weighted by molar-refractivity contribution is 5.90. The summed E-state index contributed by atoms with van der Waals surface area (Å²) < 4.78 is 46.4. The van der Waals surface area contributed by atoms with Crippen LogP contribution in [-0.4, -0.2) is 62.9 Å². The third-order valence-corrected chi connectivity index (χ3v) is 6.46. The first kappa shape index (κ1) is 24.6. The molecule has 1 unspecified atom stereocenters. The van der Waals surface area contributed by atoms with E-state index in [1.165, 1.54) is 6.07 Å². The van der Waals surface area contributed by atoms with E-state index >= 15 is 0 Å². The maximum absolute atomic E-state index is 13.7. The smallest absolute Gasteiger partial charge is 0.378 e. The number of nitrogens with zero attached hydrogens (tertiary/aromatic N) is 2. The molecule has 2 N–H and O–H groups in total. The van der Waals surface area contributed by atoms with Gasteiger partial charge in [-0.25, -0.2) is 4.79 Å². The largest absolute Gasteiger partial charge is 0.418 e. The van der Waals surface area contributed by atoms with Crippen molar-refractivity contribution in [1.82, 2.24) is 10.2 Å². The monoisotopic (exact) mass is 456 g/mol. The van der Waals surface area contributed by atoms with Gasteiger partial charge in [-0.05, 0) is 56.0 Å². The van der Waals surface area contributed by atoms with E-state index in [-0.39, 0.29) is 11.7 Å². The molecule has 3 rings (SSSR count). The number of carbonyl (C=O) groups excluding carboxylic acids is 1. The van der Waals surface area contributed by atoms with E-state index in [4.69, 9.17) is 4.74 Å². The van der Waals surface area contributed by atoms with Crippen LogP contribution in [0.5, 0.6) is 0 Å². The minimum absolute atomic E-state index is 0.152. The van der Waals surface area contributed by atoms with Gasteiger partial charge in [0.1, 0.15) is 0 Å². The van der Waals surface area contributed by atoms with E-state index in [0.717, 1.165) is 32.0 Å². The number of anilines is 2. The van der Waals surface area contributed by atoms with Crippen molar-refractivity contribution in [3.05, 3.63) is 23.8 Å². The second-order valence-corrected chi connectivity index (χ2v) is 9.19. The molecule has 180 valence electrons. The van der Waals surface area contributed by atoms with Gasteiger partial charge in [0.2, 0.25) is 0 Å². The van der Waals surface area contributed by atoms with Gasteiger partial charge in [-0.3, -0.25) is 4.90 Å². The number of halogens is 3. The molecule has 0 radical (unpaired) electrons. The third kappa shape index (κ3) is 6.51. The van der Waals surface area contributed by atoms with Crippen molar-refractivity contribution in [2.45, 2.75) is 45.8 Å². The molecule has 2 aliphatic heterocycles. The van der Waals surface area contributed by atoms with Crippen LogP contribution in [0.25, 0.3) is 0 Å². The number of carbonyl (C=O) groups is 1. The van der Waals surface area contributed by atoms with Crippen LogP contribution in [0.15, 0.2) is 18.2 Å². The number of amides is 2. The molecular formula is C23H35F3N4O2. The van der Waals surface area contributed by atoms with Gasteiger partial charge in [-0.2, -0.15) is 13.2 Å². The molecular weight excluding hydrogens is 421 g/mol. The lowest BCUT2D eigenvalue weighted by molar-refractivity contribution is -0.136. The van der Waals surface area contributed by atoms with Crippen LogP contribution in [0.1, 0.15) is 39.2 Å². The normalized spacial score (nSPS) is 19.8. The number of likely N-dealkylation sites (tertiary alicyclic amines) is 1. The fourth-order valence-electron chi connectivity index (χ4n) is 4.40. The van der Waals surface area contributed by atoms with Crippen LogP contribution in [0.4, 0.5) is 29.3 Å².